The number of benzene rings is 2. The van der Waals surface area contributed by atoms with Crippen LogP contribution >= 0.6 is 0 Å². The van der Waals surface area contributed by atoms with Gasteiger partial charge in [-0.3, -0.25) is 9.79 Å². The van der Waals surface area contributed by atoms with Crippen LogP contribution in [0.15, 0.2) is 53.5 Å². The first-order valence-electron chi connectivity index (χ1n) is 7.32. The van der Waals surface area contributed by atoms with Gasteiger partial charge in [0.2, 0.25) is 0 Å². The van der Waals surface area contributed by atoms with Gasteiger partial charge in [-0.25, -0.2) is 0 Å². The molecule has 0 unspecified atom stereocenters. The van der Waals surface area contributed by atoms with Crippen molar-refractivity contribution in [3.05, 3.63) is 65.2 Å². The standard InChI is InChI=1S/C18H19N3O/c1-21(2)18(22)14-9-7-13(8-10-14)12-19-17-11-15-5-3-4-6-16(15)20-17/h3-10H,11-12H2,1-2H3,(H,19,20). The number of amides is 1. The summed E-state index contributed by atoms with van der Waals surface area (Å²) in [5.41, 5.74) is 4.23. The molecule has 0 fully saturated rings. The molecular weight excluding hydrogens is 274 g/mol. The molecule has 2 aromatic carbocycles. The maximum absolute atomic E-state index is 11.8. The van der Waals surface area contributed by atoms with Gasteiger partial charge in [-0.2, -0.15) is 0 Å². The summed E-state index contributed by atoms with van der Waals surface area (Å²) in [5, 5.41) is 3.34. The second kappa shape index (κ2) is 6.02. The van der Waals surface area contributed by atoms with Gasteiger partial charge in [0.05, 0.1) is 6.54 Å². The molecule has 0 aromatic heterocycles. The molecule has 0 bridgehead atoms. The second-order valence-corrected chi connectivity index (χ2v) is 5.62. The van der Waals surface area contributed by atoms with Gasteiger partial charge < -0.3 is 10.2 Å². The summed E-state index contributed by atoms with van der Waals surface area (Å²) < 4.78 is 0. The molecule has 0 radical (unpaired) electrons. The molecule has 1 aliphatic heterocycles. The minimum Gasteiger partial charge on any atom is -0.345 e. The summed E-state index contributed by atoms with van der Waals surface area (Å²) in [7, 11) is 3.51. The first-order chi connectivity index (χ1) is 10.6. The second-order valence-electron chi connectivity index (χ2n) is 5.62. The van der Waals surface area contributed by atoms with Crippen molar-refractivity contribution in [3.63, 3.8) is 0 Å². The number of aliphatic imine (C=N–C) groups is 1. The molecule has 112 valence electrons. The van der Waals surface area contributed by atoms with Crippen molar-refractivity contribution in [2.45, 2.75) is 13.0 Å². The molecule has 0 saturated carbocycles. The Kier molecular flexibility index (Phi) is 3.92. The molecule has 3 rings (SSSR count). The summed E-state index contributed by atoms with van der Waals surface area (Å²) in [5.74, 6) is 1.01. The van der Waals surface area contributed by atoms with Gasteiger partial charge in [-0.15, -0.1) is 0 Å². The SMILES string of the molecule is CN(C)C(=O)c1ccc(CN=C2Cc3ccccc3N2)cc1. The summed E-state index contributed by atoms with van der Waals surface area (Å²) in [4.78, 5) is 18.0. The zero-order chi connectivity index (χ0) is 15.5. The van der Waals surface area contributed by atoms with Crippen LogP contribution in [0.4, 0.5) is 5.69 Å². The molecule has 1 aliphatic rings. The van der Waals surface area contributed by atoms with Crippen LogP contribution in [0, 0.1) is 0 Å². The van der Waals surface area contributed by atoms with Gasteiger partial charge in [-0.05, 0) is 29.3 Å². The zero-order valence-electron chi connectivity index (χ0n) is 12.8. The summed E-state index contributed by atoms with van der Waals surface area (Å²) in [6.45, 7) is 0.618. The summed E-state index contributed by atoms with van der Waals surface area (Å²) >= 11 is 0. The first-order valence-corrected chi connectivity index (χ1v) is 7.32. The normalized spacial score (nSPS) is 14.5. The Labute approximate surface area is 130 Å². The number of amidine groups is 1. The number of carbonyl (C=O) groups excluding carboxylic acids is 1. The van der Waals surface area contributed by atoms with Crippen LogP contribution in [0.1, 0.15) is 21.5 Å². The van der Waals surface area contributed by atoms with Crippen LogP contribution < -0.4 is 5.32 Å². The highest BCUT2D eigenvalue weighted by atomic mass is 16.2. The summed E-state index contributed by atoms with van der Waals surface area (Å²) in [6, 6.07) is 15.9. The molecule has 4 nitrogen and oxygen atoms in total. The molecule has 2 aromatic rings. The number of rotatable bonds is 3. The largest absolute Gasteiger partial charge is 0.345 e. The van der Waals surface area contributed by atoms with Crippen molar-refractivity contribution < 1.29 is 4.79 Å². The Morgan fingerprint density at radius 3 is 2.55 bits per heavy atom. The van der Waals surface area contributed by atoms with Gasteiger partial charge in [0.25, 0.3) is 5.91 Å². The lowest BCUT2D eigenvalue weighted by atomic mass is 10.1. The molecule has 22 heavy (non-hydrogen) atoms. The van der Waals surface area contributed by atoms with Gasteiger partial charge in [0, 0.05) is 31.8 Å². The highest BCUT2D eigenvalue weighted by Crippen LogP contribution is 2.22. The van der Waals surface area contributed by atoms with Gasteiger partial charge in [0.1, 0.15) is 5.84 Å². The van der Waals surface area contributed by atoms with E-state index in [0.717, 1.165) is 23.5 Å². The van der Waals surface area contributed by atoms with E-state index in [2.05, 4.69) is 22.4 Å². The van der Waals surface area contributed by atoms with E-state index in [1.54, 1.807) is 19.0 Å². The minimum atomic E-state index is 0.0192. The maximum atomic E-state index is 11.8. The minimum absolute atomic E-state index is 0.0192. The van der Waals surface area contributed by atoms with Crippen molar-refractivity contribution in [3.8, 4) is 0 Å². The van der Waals surface area contributed by atoms with E-state index >= 15 is 0 Å². The average Bonchev–Trinajstić information content (AvgIpc) is 2.95. The van der Waals surface area contributed by atoms with Crippen LogP contribution in [0.3, 0.4) is 0 Å². The Hall–Kier alpha value is -2.62. The highest BCUT2D eigenvalue weighted by molar-refractivity contribution is 6.02. The molecule has 0 saturated heterocycles. The van der Waals surface area contributed by atoms with E-state index < -0.39 is 0 Å². The molecule has 1 amide bonds. The van der Waals surface area contributed by atoms with Crippen LogP contribution in [0.25, 0.3) is 0 Å². The molecule has 4 heteroatoms. The molecule has 0 spiro atoms. The van der Waals surface area contributed by atoms with E-state index in [1.165, 1.54) is 5.56 Å². The molecule has 1 heterocycles. The Morgan fingerprint density at radius 2 is 1.86 bits per heavy atom. The Bertz CT molecular complexity index is 690. The van der Waals surface area contributed by atoms with Crippen LogP contribution in [-0.2, 0) is 13.0 Å². The number of nitrogens with zero attached hydrogens (tertiary/aromatic N) is 2. The van der Waals surface area contributed by atoms with E-state index in [0.29, 0.717) is 12.1 Å². The average molecular weight is 293 g/mol. The van der Waals surface area contributed by atoms with E-state index in [4.69, 9.17) is 0 Å². The third-order valence-corrected chi connectivity index (χ3v) is 3.71. The number of anilines is 1. The number of fused-ring (bicyclic) bond motifs is 1. The van der Waals surface area contributed by atoms with Gasteiger partial charge >= 0.3 is 0 Å². The smallest absolute Gasteiger partial charge is 0.253 e. The van der Waals surface area contributed by atoms with Gasteiger partial charge in [-0.1, -0.05) is 30.3 Å². The van der Waals surface area contributed by atoms with Crippen LogP contribution in [-0.4, -0.2) is 30.7 Å². The predicted octanol–water partition coefficient (Wildman–Crippen LogP) is 2.96. The van der Waals surface area contributed by atoms with Crippen LogP contribution in [0.5, 0.6) is 0 Å². The third kappa shape index (κ3) is 3.01. The van der Waals surface area contributed by atoms with Crippen molar-refractivity contribution in [1.29, 1.82) is 0 Å². The predicted molar refractivity (Wildman–Crippen MR) is 89.4 cm³/mol. The third-order valence-electron chi connectivity index (χ3n) is 3.71. The van der Waals surface area contributed by atoms with Gasteiger partial charge in [0.15, 0.2) is 0 Å². The quantitative estimate of drug-likeness (QED) is 0.945. The number of nitrogens with one attached hydrogen (secondary N) is 1. The fourth-order valence-corrected chi connectivity index (χ4v) is 2.47. The van der Waals surface area contributed by atoms with E-state index in [9.17, 15) is 4.79 Å². The molecule has 0 atom stereocenters. The molecule has 0 aliphatic carbocycles. The Balaban J connectivity index is 1.65. The van der Waals surface area contributed by atoms with Crippen molar-refractivity contribution in [2.75, 3.05) is 19.4 Å². The molecular formula is C18H19N3O. The van der Waals surface area contributed by atoms with Crippen molar-refractivity contribution >= 4 is 17.4 Å². The first kappa shape index (κ1) is 14.3. The number of hydrogen-bond acceptors (Lipinski definition) is 2. The van der Waals surface area contributed by atoms with Crippen molar-refractivity contribution in [2.24, 2.45) is 4.99 Å². The maximum Gasteiger partial charge on any atom is 0.253 e. The summed E-state index contributed by atoms with van der Waals surface area (Å²) in [6.07, 6.45) is 0.855. The van der Waals surface area contributed by atoms with E-state index in [-0.39, 0.29) is 5.91 Å². The fraction of sp³-hybridized carbons (Fsp3) is 0.222. The lowest BCUT2D eigenvalue weighted by Gasteiger charge is -2.10. The monoisotopic (exact) mass is 293 g/mol. The highest BCUT2D eigenvalue weighted by Gasteiger charge is 2.14. The van der Waals surface area contributed by atoms with E-state index in [1.807, 2.05) is 36.4 Å². The lowest BCUT2D eigenvalue weighted by molar-refractivity contribution is 0.0827. The molecule has 1 N–H and O–H groups in total. The fourth-order valence-electron chi connectivity index (χ4n) is 2.47. The van der Waals surface area contributed by atoms with Crippen LogP contribution in [0.2, 0.25) is 0 Å². The lowest BCUT2D eigenvalue weighted by Crippen LogP contribution is -2.21. The number of hydrogen-bond donors (Lipinski definition) is 1. The van der Waals surface area contributed by atoms with Crippen molar-refractivity contribution in [1.82, 2.24) is 4.90 Å². The number of para-hydroxylation sites is 1. The number of carbonyl (C=O) groups is 1. The Morgan fingerprint density at radius 1 is 1.14 bits per heavy atom. The topological polar surface area (TPSA) is 44.7 Å². The zero-order valence-corrected chi connectivity index (χ0v) is 12.8.